The monoisotopic (exact) mass is 229 g/mol. The van der Waals surface area contributed by atoms with Gasteiger partial charge in [-0.05, 0) is 38.1 Å². The van der Waals surface area contributed by atoms with E-state index in [2.05, 4.69) is 9.97 Å². The van der Waals surface area contributed by atoms with Crippen molar-refractivity contribution in [2.24, 2.45) is 0 Å². The highest BCUT2D eigenvalue weighted by Crippen LogP contribution is 2.31. The molecule has 0 unspecified atom stereocenters. The molecule has 0 atom stereocenters. The fourth-order valence-electron chi connectivity index (χ4n) is 1.65. The minimum Gasteiger partial charge on any atom is -0.478 e. The van der Waals surface area contributed by atoms with E-state index in [1.807, 2.05) is 38.1 Å². The van der Waals surface area contributed by atoms with E-state index in [4.69, 9.17) is 10.5 Å². The van der Waals surface area contributed by atoms with Gasteiger partial charge in [-0.3, -0.25) is 0 Å². The van der Waals surface area contributed by atoms with Crippen molar-refractivity contribution in [2.75, 3.05) is 12.3 Å². The maximum Gasteiger partial charge on any atom is 0.221 e. The van der Waals surface area contributed by atoms with Gasteiger partial charge in [-0.1, -0.05) is 0 Å². The molecule has 0 spiro atoms. The Balaban J connectivity index is 2.52. The van der Waals surface area contributed by atoms with E-state index in [1.54, 1.807) is 6.20 Å². The Kier molecular flexibility index (Phi) is 3.23. The summed E-state index contributed by atoms with van der Waals surface area (Å²) in [4.78, 5) is 8.45. The van der Waals surface area contributed by atoms with Crippen molar-refractivity contribution in [2.45, 2.75) is 13.8 Å². The minimum atomic E-state index is 0.499. The molecule has 4 nitrogen and oxygen atoms in total. The third-order valence-corrected chi connectivity index (χ3v) is 2.41. The fraction of sp³-hybridized carbons (Fsp3) is 0.231. The third-order valence-electron chi connectivity index (χ3n) is 2.41. The van der Waals surface area contributed by atoms with Crippen LogP contribution < -0.4 is 10.5 Å². The Labute approximate surface area is 100 Å². The van der Waals surface area contributed by atoms with Crippen LogP contribution in [0.5, 0.6) is 5.88 Å². The van der Waals surface area contributed by atoms with E-state index in [-0.39, 0.29) is 0 Å². The molecule has 2 N–H and O–H groups in total. The molecular weight excluding hydrogens is 214 g/mol. The van der Waals surface area contributed by atoms with Crippen molar-refractivity contribution in [1.82, 2.24) is 9.97 Å². The number of hydrogen-bond acceptors (Lipinski definition) is 4. The molecule has 0 amide bonds. The number of nitrogens with zero attached hydrogens (tertiary/aromatic N) is 2. The zero-order chi connectivity index (χ0) is 12.3. The van der Waals surface area contributed by atoms with Gasteiger partial charge in [-0.2, -0.15) is 0 Å². The quantitative estimate of drug-likeness (QED) is 0.878. The third kappa shape index (κ3) is 2.36. The Hall–Kier alpha value is -2.10. The summed E-state index contributed by atoms with van der Waals surface area (Å²) in [6, 6.07) is 7.66. The van der Waals surface area contributed by atoms with Crippen LogP contribution in [0.3, 0.4) is 0 Å². The number of nitrogen functional groups attached to an aromatic ring is 1. The first kappa shape index (κ1) is 11.4. The van der Waals surface area contributed by atoms with Crippen LogP contribution in [0, 0.1) is 6.92 Å². The first-order chi connectivity index (χ1) is 8.22. The summed E-state index contributed by atoms with van der Waals surface area (Å²) < 4.78 is 5.48. The van der Waals surface area contributed by atoms with Crippen molar-refractivity contribution in [1.29, 1.82) is 0 Å². The Bertz CT molecular complexity index is 526. The van der Waals surface area contributed by atoms with Crippen LogP contribution in [0.4, 0.5) is 5.82 Å². The molecule has 2 heterocycles. The molecule has 17 heavy (non-hydrogen) atoms. The lowest BCUT2D eigenvalue weighted by Crippen LogP contribution is -2.00. The lowest BCUT2D eigenvalue weighted by Gasteiger charge is -2.10. The van der Waals surface area contributed by atoms with Crippen molar-refractivity contribution in [3.8, 4) is 17.0 Å². The predicted molar refractivity (Wildman–Crippen MR) is 67.8 cm³/mol. The smallest absolute Gasteiger partial charge is 0.221 e. The molecule has 0 radical (unpaired) electrons. The van der Waals surface area contributed by atoms with E-state index >= 15 is 0 Å². The zero-order valence-corrected chi connectivity index (χ0v) is 9.97. The van der Waals surface area contributed by atoms with Gasteiger partial charge in [0.15, 0.2) is 0 Å². The summed E-state index contributed by atoms with van der Waals surface area (Å²) in [5.74, 6) is 1.09. The molecule has 0 bridgehead atoms. The van der Waals surface area contributed by atoms with Crippen LogP contribution >= 0.6 is 0 Å². The number of aryl methyl sites for hydroxylation is 1. The second-order valence-electron chi connectivity index (χ2n) is 3.67. The van der Waals surface area contributed by atoms with Crippen molar-refractivity contribution in [3.63, 3.8) is 0 Å². The van der Waals surface area contributed by atoms with Gasteiger partial charge in [0.2, 0.25) is 5.88 Å². The first-order valence-corrected chi connectivity index (χ1v) is 5.53. The van der Waals surface area contributed by atoms with E-state index in [0.29, 0.717) is 18.3 Å². The molecule has 0 aliphatic heterocycles. The van der Waals surface area contributed by atoms with Crippen LogP contribution in [-0.4, -0.2) is 16.6 Å². The normalized spacial score (nSPS) is 10.2. The number of nitrogens with two attached hydrogens (primary N) is 1. The molecule has 0 saturated carbocycles. The summed E-state index contributed by atoms with van der Waals surface area (Å²) in [6.45, 7) is 4.41. The summed E-state index contributed by atoms with van der Waals surface area (Å²) >= 11 is 0. The SMILES string of the molecule is CCOc1ncccc1-c1ccc(C)nc1N. The van der Waals surface area contributed by atoms with Gasteiger partial charge in [-0.15, -0.1) is 0 Å². The van der Waals surface area contributed by atoms with E-state index in [9.17, 15) is 0 Å². The molecule has 4 heteroatoms. The number of ether oxygens (including phenoxy) is 1. The van der Waals surface area contributed by atoms with Crippen LogP contribution in [0.1, 0.15) is 12.6 Å². The number of hydrogen-bond donors (Lipinski definition) is 1. The number of rotatable bonds is 3. The molecular formula is C13H15N3O. The second kappa shape index (κ2) is 4.82. The Morgan fingerprint density at radius 2 is 2.06 bits per heavy atom. The topological polar surface area (TPSA) is 61.0 Å². The lowest BCUT2D eigenvalue weighted by molar-refractivity contribution is 0.328. The van der Waals surface area contributed by atoms with Gasteiger partial charge in [0.05, 0.1) is 6.61 Å². The molecule has 2 rings (SSSR count). The highest BCUT2D eigenvalue weighted by atomic mass is 16.5. The Morgan fingerprint density at radius 3 is 2.76 bits per heavy atom. The zero-order valence-electron chi connectivity index (χ0n) is 9.97. The summed E-state index contributed by atoms with van der Waals surface area (Å²) in [7, 11) is 0. The molecule has 2 aromatic rings. The van der Waals surface area contributed by atoms with Gasteiger partial charge in [0, 0.05) is 23.0 Å². The average Bonchev–Trinajstić information content (AvgIpc) is 2.31. The highest BCUT2D eigenvalue weighted by molar-refractivity contribution is 5.77. The van der Waals surface area contributed by atoms with E-state index in [0.717, 1.165) is 16.8 Å². The van der Waals surface area contributed by atoms with Crippen molar-refractivity contribution in [3.05, 3.63) is 36.2 Å². The van der Waals surface area contributed by atoms with Crippen LogP contribution in [0.15, 0.2) is 30.5 Å². The summed E-state index contributed by atoms with van der Waals surface area (Å²) in [5.41, 5.74) is 8.55. The second-order valence-corrected chi connectivity index (χ2v) is 3.67. The maximum atomic E-state index is 5.92. The predicted octanol–water partition coefficient (Wildman–Crippen LogP) is 2.43. The maximum absolute atomic E-state index is 5.92. The first-order valence-electron chi connectivity index (χ1n) is 5.53. The fourth-order valence-corrected chi connectivity index (χ4v) is 1.65. The summed E-state index contributed by atoms with van der Waals surface area (Å²) in [5, 5.41) is 0. The molecule has 2 aromatic heterocycles. The van der Waals surface area contributed by atoms with Gasteiger partial charge in [0.25, 0.3) is 0 Å². The van der Waals surface area contributed by atoms with E-state index in [1.165, 1.54) is 0 Å². The molecule has 0 fully saturated rings. The van der Waals surface area contributed by atoms with Crippen molar-refractivity contribution >= 4 is 5.82 Å². The molecule has 0 saturated heterocycles. The standard InChI is InChI=1S/C13H15N3O/c1-3-17-13-11(5-4-8-15-13)10-7-6-9(2)16-12(10)14/h4-8H,3H2,1-2H3,(H2,14,16). The summed E-state index contributed by atoms with van der Waals surface area (Å²) in [6.07, 6.45) is 1.70. The minimum absolute atomic E-state index is 0.499. The number of pyridine rings is 2. The molecule has 88 valence electrons. The van der Waals surface area contributed by atoms with E-state index < -0.39 is 0 Å². The van der Waals surface area contributed by atoms with Gasteiger partial charge in [0.1, 0.15) is 5.82 Å². The van der Waals surface area contributed by atoms with Crippen LogP contribution in [0.25, 0.3) is 11.1 Å². The molecule has 0 aromatic carbocycles. The number of anilines is 1. The molecule has 0 aliphatic rings. The molecule has 0 aliphatic carbocycles. The van der Waals surface area contributed by atoms with Gasteiger partial charge >= 0.3 is 0 Å². The van der Waals surface area contributed by atoms with Crippen LogP contribution in [0.2, 0.25) is 0 Å². The van der Waals surface area contributed by atoms with Gasteiger partial charge in [-0.25, -0.2) is 9.97 Å². The van der Waals surface area contributed by atoms with Gasteiger partial charge < -0.3 is 10.5 Å². The Morgan fingerprint density at radius 1 is 1.24 bits per heavy atom. The van der Waals surface area contributed by atoms with Crippen molar-refractivity contribution < 1.29 is 4.74 Å². The largest absolute Gasteiger partial charge is 0.478 e. The van der Waals surface area contributed by atoms with Crippen LogP contribution in [-0.2, 0) is 0 Å². The lowest BCUT2D eigenvalue weighted by atomic mass is 10.1. The average molecular weight is 229 g/mol. The number of aromatic nitrogens is 2. The highest BCUT2D eigenvalue weighted by Gasteiger charge is 2.10.